The van der Waals surface area contributed by atoms with E-state index in [1.54, 1.807) is 0 Å². The van der Waals surface area contributed by atoms with Gasteiger partial charge in [-0.25, -0.2) is 0 Å². The first-order valence-electron chi connectivity index (χ1n) is 18.9. The molecule has 2 unspecified atom stereocenters. The average Bonchev–Trinajstić information content (AvgIpc) is 3.04. The van der Waals surface area contributed by atoms with Gasteiger partial charge in [0.15, 0.2) is 0 Å². The summed E-state index contributed by atoms with van der Waals surface area (Å²) < 4.78 is 0. The van der Waals surface area contributed by atoms with E-state index in [9.17, 15) is 10.5 Å². The Bertz CT molecular complexity index is 827. The van der Waals surface area contributed by atoms with E-state index in [4.69, 9.17) is 0 Å². The van der Waals surface area contributed by atoms with Crippen LogP contribution in [-0.4, -0.2) is 11.5 Å². The lowest BCUT2D eigenvalue weighted by atomic mass is 9.96. The Balaban J connectivity index is 2.94. The Morgan fingerprint density at radius 2 is 0.727 bits per heavy atom. The van der Waals surface area contributed by atoms with E-state index in [1.165, 1.54) is 164 Å². The molecule has 0 aliphatic heterocycles. The zero-order valence-electron chi connectivity index (χ0n) is 29.4. The lowest BCUT2D eigenvalue weighted by Gasteiger charge is -2.20. The van der Waals surface area contributed by atoms with Crippen molar-refractivity contribution in [3.05, 3.63) is 23.3 Å². The van der Waals surface area contributed by atoms with Crippen LogP contribution in [0.2, 0.25) is 0 Å². The highest BCUT2D eigenvalue weighted by Crippen LogP contribution is 2.38. The van der Waals surface area contributed by atoms with Gasteiger partial charge < -0.3 is 0 Å². The Labute approximate surface area is 283 Å². The third-order valence-electron chi connectivity index (χ3n) is 9.14. The van der Waals surface area contributed by atoms with E-state index in [1.807, 2.05) is 35.7 Å². The molecule has 0 heterocycles. The van der Waals surface area contributed by atoms with Crippen LogP contribution in [0, 0.1) is 34.5 Å². The smallest absolute Gasteiger partial charge is 0.101 e. The zero-order chi connectivity index (χ0) is 32.1. The zero-order valence-corrected chi connectivity index (χ0v) is 31.0. The molecule has 1 aromatic rings. The molecule has 44 heavy (non-hydrogen) atoms. The van der Waals surface area contributed by atoms with Gasteiger partial charge in [0.1, 0.15) is 12.1 Å². The molecule has 0 N–H and O–H groups in total. The first-order valence-corrected chi connectivity index (χ1v) is 20.8. The summed E-state index contributed by atoms with van der Waals surface area (Å²) in [5, 5.41) is 19.7. The monoisotopic (exact) mass is 640 g/mol. The normalized spacial score (nSPS) is 12.6. The molecule has 0 saturated heterocycles. The molecule has 0 amide bonds. The second kappa shape index (κ2) is 29.3. The predicted molar refractivity (Wildman–Crippen MR) is 198 cm³/mol. The topological polar surface area (TPSA) is 47.6 Å². The minimum absolute atomic E-state index is 0.540. The van der Waals surface area contributed by atoms with Crippen molar-refractivity contribution in [2.75, 3.05) is 11.5 Å². The van der Waals surface area contributed by atoms with Crippen LogP contribution in [0.5, 0.6) is 0 Å². The van der Waals surface area contributed by atoms with Gasteiger partial charge in [-0.15, -0.1) is 23.5 Å². The maximum absolute atomic E-state index is 9.83. The van der Waals surface area contributed by atoms with Crippen molar-refractivity contribution in [3.8, 4) is 12.1 Å². The average molecular weight is 641 g/mol. The molecule has 0 aliphatic rings. The molecule has 0 radical (unpaired) electrons. The van der Waals surface area contributed by atoms with Crippen molar-refractivity contribution in [2.45, 2.75) is 192 Å². The fourth-order valence-corrected chi connectivity index (χ4v) is 8.81. The SMILES string of the molecule is CCCCCCCCC(CCCCCC)CSc1cc(C#N)c(C#N)cc1SCC(CCCCCC)CCCCCCCC. The van der Waals surface area contributed by atoms with Crippen molar-refractivity contribution in [1.29, 1.82) is 10.5 Å². The van der Waals surface area contributed by atoms with Crippen molar-refractivity contribution in [3.63, 3.8) is 0 Å². The first-order chi connectivity index (χ1) is 21.6. The van der Waals surface area contributed by atoms with E-state index in [0.29, 0.717) is 11.1 Å². The third kappa shape index (κ3) is 20.1. The minimum atomic E-state index is 0.540. The number of nitriles is 2. The number of hydrogen-bond acceptors (Lipinski definition) is 4. The molecule has 1 aromatic carbocycles. The molecule has 0 aliphatic carbocycles. The summed E-state index contributed by atoms with van der Waals surface area (Å²) in [6, 6.07) is 8.71. The highest BCUT2D eigenvalue weighted by molar-refractivity contribution is 8.02. The number of rotatable bonds is 30. The van der Waals surface area contributed by atoms with E-state index in [0.717, 1.165) is 23.3 Å². The van der Waals surface area contributed by atoms with Gasteiger partial charge in [-0.1, -0.05) is 156 Å². The Morgan fingerprint density at radius 1 is 0.455 bits per heavy atom. The summed E-state index contributed by atoms with van der Waals surface area (Å²) in [5.74, 6) is 3.73. The molecule has 0 aromatic heterocycles. The highest BCUT2D eigenvalue weighted by Gasteiger charge is 2.17. The number of nitrogens with zero attached hydrogens (tertiary/aromatic N) is 2. The van der Waals surface area contributed by atoms with Gasteiger partial charge >= 0.3 is 0 Å². The Hall–Kier alpha value is -1.10. The maximum Gasteiger partial charge on any atom is 0.101 e. The van der Waals surface area contributed by atoms with Gasteiger partial charge in [-0.2, -0.15) is 10.5 Å². The van der Waals surface area contributed by atoms with Gasteiger partial charge in [0.2, 0.25) is 0 Å². The number of benzene rings is 1. The summed E-state index contributed by atoms with van der Waals surface area (Å²) in [6.45, 7) is 9.18. The van der Waals surface area contributed by atoms with Crippen LogP contribution in [0.4, 0.5) is 0 Å². The van der Waals surface area contributed by atoms with E-state index in [-0.39, 0.29) is 0 Å². The van der Waals surface area contributed by atoms with Gasteiger partial charge in [-0.3, -0.25) is 0 Å². The van der Waals surface area contributed by atoms with Crippen LogP contribution in [-0.2, 0) is 0 Å². The molecule has 0 bridgehead atoms. The van der Waals surface area contributed by atoms with Crippen molar-refractivity contribution in [1.82, 2.24) is 0 Å². The van der Waals surface area contributed by atoms with Crippen LogP contribution >= 0.6 is 23.5 Å². The second-order valence-electron chi connectivity index (χ2n) is 13.2. The summed E-state index contributed by atoms with van der Waals surface area (Å²) in [6.07, 6.45) is 32.3. The number of thioether (sulfide) groups is 2. The standard InChI is InChI=1S/C40H68N2S2/c1-5-9-13-17-19-23-27-35(25-21-15-11-7-3)33-43-39-29-37(31-41)38(32-42)30-40(39)44-34-36(26-22-16-12-8-4)28-24-20-18-14-10-6-2/h29-30,35-36H,5-28,33-34H2,1-4H3. The van der Waals surface area contributed by atoms with Crippen molar-refractivity contribution in [2.24, 2.45) is 11.8 Å². The van der Waals surface area contributed by atoms with Gasteiger partial charge in [0.25, 0.3) is 0 Å². The van der Waals surface area contributed by atoms with Crippen LogP contribution < -0.4 is 0 Å². The maximum atomic E-state index is 9.83. The lowest BCUT2D eigenvalue weighted by Crippen LogP contribution is -2.06. The van der Waals surface area contributed by atoms with Gasteiger partial charge in [0.05, 0.1) is 11.1 Å². The molecule has 1 rings (SSSR count). The van der Waals surface area contributed by atoms with Crippen LogP contribution in [0.25, 0.3) is 0 Å². The van der Waals surface area contributed by atoms with Crippen molar-refractivity contribution >= 4 is 23.5 Å². The Kier molecular flexibility index (Phi) is 27.3. The van der Waals surface area contributed by atoms with E-state index < -0.39 is 0 Å². The first kappa shape index (κ1) is 40.9. The quantitative estimate of drug-likeness (QED) is 0.0620. The Morgan fingerprint density at radius 3 is 1.02 bits per heavy atom. The molecule has 250 valence electrons. The summed E-state index contributed by atoms with van der Waals surface area (Å²) in [5.41, 5.74) is 1.08. The van der Waals surface area contributed by atoms with Crippen LogP contribution in [0.15, 0.2) is 21.9 Å². The highest BCUT2D eigenvalue weighted by atomic mass is 32.2. The third-order valence-corrected chi connectivity index (χ3v) is 11.8. The summed E-state index contributed by atoms with van der Waals surface area (Å²) >= 11 is 3.93. The molecule has 4 heteroatoms. The molecular weight excluding hydrogens is 573 g/mol. The largest absolute Gasteiger partial charge is 0.192 e. The van der Waals surface area contributed by atoms with Crippen molar-refractivity contribution < 1.29 is 0 Å². The number of unbranched alkanes of at least 4 members (excludes halogenated alkanes) is 16. The molecule has 2 nitrogen and oxygen atoms in total. The molecule has 2 atom stereocenters. The van der Waals surface area contributed by atoms with E-state index >= 15 is 0 Å². The molecule has 0 fully saturated rings. The van der Waals surface area contributed by atoms with Crippen LogP contribution in [0.3, 0.4) is 0 Å². The fraction of sp³-hybridized carbons (Fsp3) is 0.800. The van der Waals surface area contributed by atoms with Gasteiger partial charge in [-0.05, 0) is 49.7 Å². The summed E-state index contributed by atoms with van der Waals surface area (Å²) in [7, 11) is 0. The molecular formula is C40H68N2S2. The van der Waals surface area contributed by atoms with Gasteiger partial charge in [0, 0.05) is 21.3 Å². The minimum Gasteiger partial charge on any atom is -0.192 e. The molecule has 0 spiro atoms. The number of hydrogen-bond donors (Lipinski definition) is 0. The second-order valence-corrected chi connectivity index (χ2v) is 15.4. The fourth-order valence-electron chi connectivity index (χ4n) is 6.15. The predicted octanol–water partition coefficient (Wildman–Crippen LogP) is 14.3. The lowest BCUT2D eigenvalue weighted by molar-refractivity contribution is 0.439. The van der Waals surface area contributed by atoms with E-state index in [2.05, 4.69) is 39.8 Å². The summed E-state index contributed by atoms with van der Waals surface area (Å²) in [4.78, 5) is 2.47. The van der Waals surface area contributed by atoms with Crippen LogP contribution in [0.1, 0.15) is 193 Å². The molecule has 0 saturated carbocycles.